The lowest BCUT2D eigenvalue weighted by atomic mass is 9.86. The zero-order chi connectivity index (χ0) is 16.6. The second kappa shape index (κ2) is 5.95. The highest BCUT2D eigenvalue weighted by atomic mass is 16.3. The maximum atomic E-state index is 13.0. The van der Waals surface area contributed by atoms with Crippen molar-refractivity contribution in [2.75, 3.05) is 6.54 Å². The van der Waals surface area contributed by atoms with Gasteiger partial charge in [0.1, 0.15) is 11.3 Å². The number of hydrogen-bond donors (Lipinski definition) is 2. The van der Waals surface area contributed by atoms with Gasteiger partial charge in [-0.25, -0.2) is 0 Å². The van der Waals surface area contributed by atoms with Crippen LogP contribution in [0.2, 0.25) is 0 Å². The maximum Gasteiger partial charge on any atom is 0.241 e. The van der Waals surface area contributed by atoms with E-state index in [0.717, 1.165) is 37.9 Å². The Morgan fingerprint density at radius 2 is 1.83 bits per heavy atom. The van der Waals surface area contributed by atoms with Gasteiger partial charge in [-0.05, 0) is 48.2 Å². The molecule has 1 saturated heterocycles. The lowest BCUT2D eigenvalue weighted by molar-refractivity contribution is -0.132. The summed E-state index contributed by atoms with van der Waals surface area (Å²) >= 11 is 0. The van der Waals surface area contributed by atoms with Crippen LogP contribution in [-0.4, -0.2) is 28.0 Å². The molecule has 0 radical (unpaired) electrons. The van der Waals surface area contributed by atoms with Crippen molar-refractivity contribution in [3.05, 3.63) is 65.2 Å². The number of carbonyl (C=O) groups excluding carboxylic acids is 1. The summed E-state index contributed by atoms with van der Waals surface area (Å²) in [6, 6.07) is 15.6. The molecule has 2 N–H and O–H groups in total. The summed E-state index contributed by atoms with van der Waals surface area (Å²) in [5.74, 6) is 0.422. The largest absolute Gasteiger partial charge is 0.508 e. The van der Waals surface area contributed by atoms with Gasteiger partial charge in [-0.15, -0.1) is 0 Å². The first-order valence-corrected chi connectivity index (χ1v) is 8.55. The molecule has 1 fully saturated rings. The molecule has 0 aromatic heterocycles. The fourth-order valence-electron chi connectivity index (χ4n) is 4.08. The number of carbonyl (C=O) groups is 1. The number of phenols is 1. The topological polar surface area (TPSA) is 52.6 Å². The molecule has 4 nitrogen and oxygen atoms in total. The quantitative estimate of drug-likeness (QED) is 0.893. The molecular formula is C20H22N2O2. The van der Waals surface area contributed by atoms with Gasteiger partial charge in [0.15, 0.2) is 0 Å². The first kappa shape index (κ1) is 15.2. The summed E-state index contributed by atoms with van der Waals surface area (Å²) in [6.07, 6.45) is 2.70. The number of aromatic hydroxyl groups is 1. The van der Waals surface area contributed by atoms with E-state index in [0.29, 0.717) is 6.54 Å². The van der Waals surface area contributed by atoms with Crippen molar-refractivity contribution in [3.8, 4) is 5.75 Å². The molecule has 0 bridgehead atoms. The van der Waals surface area contributed by atoms with Crippen LogP contribution in [0.25, 0.3) is 0 Å². The molecule has 24 heavy (non-hydrogen) atoms. The highest BCUT2D eigenvalue weighted by Crippen LogP contribution is 2.36. The van der Waals surface area contributed by atoms with Crippen molar-refractivity contribution >= 4 is 5.91 Å². The SMILES string of the molecule is O=C1NCc2ccccc2CC12CCCN2Cc1ccc(O)cc1. The van der Waals surface area contributed by atoms with E-state index in [4.69, 9.17) is 0 Å². The van der Waals surface area contributed by atoms with Gasteiger partial charge in [-0.1, -0.05) is 36.4 Å². The monoisotopic (exact) mass is 322 g/mol. The molecule has 124 valence electrons. The number of nitrogens with zero attached hydrogens (tertiary/aromatic N) is 1. The van der Waals surface area contributed by atoms with Gasteiger partial charge in [0.25, 0.3) is 0 Å². The smallest absolute Gasteiger partial charge is 0.241 e. The first-order valence-electron chi connectivity index (χ1n) is 8.55. The highest BCUT2D eigenvalue weighted by molar-refractivity contribution is 5.87. The van der Waals surface area contributed by atoms with Gasteiger partial charge in [0.05, 0.1) is 0 Å². The van der Waals surface area contributed by atoms with Crippen molar-refractivity contribution in [3.63, 3.8) is 0 Å². The van der Waals surface area contributed by atoms with Crippen LogP contribution in [0, 0.1) is 0 Å². The number of likely N-dealkylation sites (tertiary alicyclic amines) is 1. The summed E-state index contributed by atoms with van der Waals surface area (Å²) in [4.78, 5) is 15.3. The minimum absolute atomic E-state index is 0.148. The van der Waals surface area contributed by atoms with E-state index in [9.17, 15) is 9.90 Å². The molecule has 2 aromatic carbocycles. The number of hydrogen-bond acceptors (Lipinski definition) is 3. The predicted octanol–water partition coefficient (Wildman–Crippen LogP) is 2.60. The fourth-order valence-corrected chi connectivity index (χ4v) is 4.08. The van der Waals surface area contributed by atoms with E-state index in [1.54, 1.807) is 12.1 Å². The van der Waals surface area contributed by atoms with Crippen LogP contribution < -0.4 is 5.32 Å². The summed E-state index contributed by atoms with van der Waals surface area (Å²) in [5.41, 5.74) is 3.16. The Kier molecular flexibility index (Phi) is 3.77. The second-order valence-corrected chi connectivity index (χ2v) is 6.85. The summed E-state index contributed by atoms with van der Waals surface area (Å²) in [7, 11) is 0. The van der Waals surface area contributed by atoms with Crippen molar-refractivity contribution in [1.82, 2.24) is 10.2 Å². The number of phenolic OH excluding ortho intramolecular Hbond substituents is 1. The van der Waals surface area contributed by atoms with Crippen LogP contribution in [0.15, 0.2) is 48.5 Å². The molecule has 1 atom stereocenters. The molecule has 0 aliphatic carbocycles. The molecule has 2 aliphatic rings. The third-order valence-electron chi connectivity index (χ3n) is 5.40. The molecule has 2 aromatic rings. The van der Waals surface area contributed by atoms with Crippen LogP contribution in [-0.2, 0) is 24.3 Å². The average molecular weight is 322 g/mol. The lowest BCUT2D eigenvalue weighted by Gasteiger charge is -2.36. The predicted molar refractivity (Wildman–Crippen MR) is 92.5 cm³/mol. The lowest BCUT2D eigenvalue weighted by Crippen LogP contribution is -2.55. The maximum absolute atomic E-state index is 13.0. The second-order valence-electron chi connectivity index (χ2n) is 6.85. The van der Waals surface area contributed by atoms with E-state index in [1.165, 1.54) is 11.1 Å². The van der Waals surface area contributed by atoms with Crippen molar-refractivity contribution < 1.29 is 9.90 Å². The third-order valence-corrected chi connectivity index (χ3v) is 5.40. The Labute approximate surface area is 142 Å². The molecule has 0 saturated carbocycles. The third kappa shape index (κ3) is 2.57. The molecule has 1 unspecified atom stereocenters. The standard InChI is InChI=1S/C20H22N2O2/c23-18-8-6-15(7-9-18)14-22-11-3-10-20(22)12-16-4-1-2-5-17(16)13-21-19(20)24/h1-2,4-9,23H,3,10-14H2,(H,21,24). The number of amides is 1. The number of rotatable bonds is 2. The Morgan fingerprint density at radius 1 is 1.08 bits per heavy atom. The van der Waals surface area contributed by atoms with Gasteiger partial charge in [0.2, 0.25) is 5.91 Å². The number of fused-ring (bicyclic) bond motifs is 1. The number of benzene rings is 2. The summed E-state index contributed by atoms with van der Waals surface area (Å²) in [6.45, 7) is 2.27. The van der Waals surface area contributed by atoms with E-state index in [2.05, 4.69) is 28.4 Å². The van der Waals surface area contributed by atoms with Crippen molar-refractivity contribution in [2.45, 2.75) is 37.9 Å². The van der Waals surface area contributed by atoms with Gasteiger partial charge in [0, 0.05) is 19.5 Å². The molecule has 1 amide bonds. The van der Waals surface area contributed by atoms with Gasteiger partial charge in [-0.2, -0.15) is 0 Å². The van der Waals surface area contributed by atoms with E-state index in [1.807, 2.05) is 18.2 Å². The Hall–Kier alpha value is -2.33. The first-order chi connectivity index (χ1) is 11.7. The van der Waals surface area contributed by atoms with Gasteiger partial charge < -0.3 is 10.4 Å². The molecule has 1 spiro atoms. The fraction of sp³-hybridized carbons (Fsp3) is 0.350. The molecule has 4 heteroatoms. The summed E-state index contributed by atoms with van der Waals surface area (Å²) in [5, 5.41) is 12.6. The Balaban J connectivity index is 1.66. The van der Waals surface area contributed by atoms with Crippen LogP contribution in [0.3, 0.4) is 0 Å². The van der Waals surface area contributed by atoms with Crippen LogP contribution in [0.1, 0.15) is 29.5 Å². The highest BCUT2D eigenvalue weighted by Gasteiger charge is 2.48. The normalized spacial score (nSPS) is 23.8. The van der Waals surface area contributed by atoms with E-state index in [-0.39, 0.29) is 11.7 Å². The van der Waals surface area contributed by atoms with Crippen LogP contribution in [0.4, 0.5) is 0 Å². The zero-order valence-corrected chi connectivity index (χ0v) is 13.7. The van der Waals surface area contributed by atoms with Crippen LogP contribution >= 0.6 is 0 Å². The van der Waals surface area contributed by atoms with E-state index >= 15 is 0 Å². The van der Waals surface area contributed by atoms with Gasteiger partial charge in [-0.3, -0.25) is 9.69 Å². The number of nitrogens with one attached hydrogen (secondary N) is 1. The van der Waals surface area contributed by atoms with Crippen molar-refractivity contribution in [1.29, 1.82) is 0 Å². The summed E-state index contributed by atoms with van der Waals surface area (Å²) < 4.78 is 0. The average Bonchev–Trinajstić information content (AvgIpc) is 2.92. The zero-order valence-electron chi connectivity index (χ0n) is 13.7. The van der Waals surface area contributed by atoms with Crippen molar-refractivity contribution in [2.24, 2.45) is 0 Å². The Morgan fingerprint density at radius 3 is 2.62 bits per heavy atom. The molecular weight excluding hydrogens is 300 g/mol. The van der Waals surface area contributed by atoms with Crippen LogP contribution in [0.5, 0.6) is 5.75 Å². The molecule has 2 aliphatic heterocycles. The van der Waals surface area contributed by atoms with E-state index < -0.39 is 5.54 Å². The van der Waals surface area contributed by atoms with Gasteiger partial charge >= 0.3 is 0 Å². The molecule has 4 rings (SSSR count). The Bertz CT molecular complexity index is 756. The minimum atomic E-state index is -0.454. The minimum Gasteiger partial charge on any atom is -0.508 e. The molecule has 2 heterocycles.